The van der Waals surface area contributed by atoms with Gasteiger partial charge in [0.1, 0.15) is 5.82 Å². The predicted molar refractivity (Wildman–Crippen MR) is 80.7 cm³/mol. The van der Waals surface area contributed by atoms with Crippen LogP contribution < -0.4 is 10.5 Å². The fraction of sp³-hybridized carbons (Fsp3) is 0.250. The highest BCUT2D eigenvalue weighted by Gasteiger charge is 2.10. The van der Waals surface area contributed by atoms with Crippen LogP contribution in [-0.4, -0.2) is 18.0 Å². The second-order valence-electron chi connectivity index (χ2n) is 4.17. The van der Waals surface area contributed by atoms with E-state index >= 15 is 0 Å². The molecule has 0 radical (unpaired) electrons. The van der Waals surface area contributed by atoms with Crippen molar-refractivity contribution < 1.29 is 8.42 Å². The van der Waals surface area contributed by atoms with Gasteiger partial charge in [0.15, 0.2) is 0 Å². The van der Waals surface area contributed by atoms with Crippen molar-refractivity contribution in [1.29, 1.82) is 0 Å². The van der Waals surface area contributed by atoms with Crippen molar-refractivity contribution in [3.05, 3.63) is 40.9 Å². The summed E-state index contributed by atoms with van der Waals surface area (Å²) in [7, 11) is -3.69. The van der Waals surface area contributed by atoms with Gasteiger partial charge in [-0.25, -0.2) is 18.5 Å². The minimum absolute atomic E-state index is 0.0741. The molecule has 1 aromatic heterocycles. The molecule has 0 amide bonds. The van der Waals surface area contributed by atoms with Crippen LogP contribution in [0.4, 0.5) is 5.69 Å². The number of primary sulfonamides is 1. The Kier molecular flexibility index (Phi) is 4.46. The normalized spacial score (nSPS) is 11.6. The van der Waals surface area contributed by atoms with Crippen molar-refractivity contribution in [2.75, 3.05) is 5.32 Å². The van der Waals surface area contributed by atoms with Crippen LogP contribution in [0, 0.1) is 0 Å². The number of hydrogen-bond acceptors (Lipinski definition) is 4. The van der Waals surface area contributed by atoms with Crippen molar-refractivity contribution in [3.63, 3.8) is 0 Å². The molecular weight excluding hydrogens is 344 g/mol. The minimum atomic E-state index is -3.69. The third kappa shape index (κ3) is 3.38. The fourth-order valence-electron chi connectivity index (χ4n) is 1.79. The summed E-state index contributed by atoms with van der Waals surface area (Å²) in [6.07, 6.45) is 3.66. The predicted octanol–water partition coefficient (Wildman–Crippen LogP) is 1.93. The molecule has 108 valence electrons. The third-order valence-electron chi connectivity index (χ3n) is 2.85. The second kappa shape index (κ2) is 5.94. The number of nitrogens with one attached hydrogen (secondary N) is 1. The highest BCUT2D eigenvalue weighted by Crippen LogP contribution is 2.25. The Balaban J connectivity index is 2.15. The van der Waals surface area contributed by atoms with E-state index in [0.717, 1.165) is 18.1 Å². The standard InChI is InChI=1S/C12H15BrN4O2S/c1-2-17-6-5-15-12(17)8-16-11-4-3-9(7-10(11)13)20(14,18)19/h3-7,16H,2,8H2,1H3,(H2,14,18,19). The Morgan fingerprint density at radius 1 is 1.45 bits per heavy atom. The monoisotopic (exact) mass is 358 g/mol. The van der Waals surface area contributed by atoms with Crippen LogP contribution in [0.5, 0.6) is 0 Å². The topological polar surface area (TPSA) is 90.0 Å². The maximum Gasteiger partial charge on any atom is 0.238 e. The summed E-state index contributed by atoms with van der Waals surface area (Å²) in [6, 6.07) is 4.61. The number of sulfonamides is 1. The molecule has 0 atom stereocenters. The lowest BCUT2D eigenvalue weighted by Crippen LogP contribution is -2.12. The van der Waals surface area contributed by atoms with E-state index in [1.807, 2.05) is 17.7 Å². The fourth-order valence-corrected chi connectivity index (χ4v) is 3.00. The molecule has 6 nitrogen and oxygen atoms in total. The average molecular weight is 359 g/mol. The van der Waals surface area contributed by atoms with Gasteiger partial charge in [0, 0.05) is 29.1 Å². The van der Waals surface area contributed by atoms with Crippen LogP contribution in [0.3, 0.4) is 0 Å². The maximum atomic E-state index is 11.2. The van der Waals surface area contributed by atoms with E-state index in [4.69, 9.17) is 5.14 Å². The molecule has 0 fully saturated rings. The molecule has 8 heteroatoms. The van der Waals surface area contributed by atoms with Gasteiger partial charge in [-0.2, -0.15) is 0 Å². The zero-order valence-electron chi connectivity index (χ0n) is 10.9. The summed E-state index contributed by atoms with van der Waals surface area (Å²) in [5, 5.41) is 8.29. The number of aryl methyl sites for hydroxylation is 1. The minimum Gasteiger partial charge on any atom is -0.377 e. The summed E-state index contributed by atoms with van der Waals surface area (Å²) in [5.74, 6) is 0.912. The summed E-state index contributed by atoms with van der Waals surface area (Å²) >= 11 is 3.33. The SMILES string of the molecule is CCn1ccnc1CNc1ccc(S(N)(=O)=O)cc1Br. The number of hydrogen-bond donors (Lipinski definition) is 2. The zero-order valence-corrected chi connectivity index (χ0v) is 13.3. The van der Waals surface area contributed by atoms with Crippen LogP contribution >= 0.6 is 15.9 Å². The molecule has 1 heterocycles. The Labute approximate surface area is 126 Å². The molecule has 20 heavy (non-hydrogen) atoms. The van der Waals surface area contributed by atoms with Crippen LogP contribution in [0.1, 0.15) is 12.7 Å². The molecule has 2 rings (SSSR count). The lowest BCUT2D eigenvalue weighted by Gasteiger charge is -2.10. The van der Waals surface area contributed by atoms with E-state index in [1.165, 1.54) is 12.1 Å². The number of halogens is 1. The van der Waals surface area contributed by atoms with Crippen molar-refractivity contribution in [2.45, 2.75) is 24.9 Å². The number of rotatable bonds is 5. The Hall–Kier alpha value is -1.38. The first kappa shape index (κ1) is 15.0. The Morgan fingerprint density at radius 2 is 2.20 bits per heavy atom. The van der Waals surface area contributed by atoms with Crippen molar-refractivity contribution in [1.82, 2.24) is 9.55 Å². The average Bonchev–Trinajstić information content (AvgIpc) is 2.83. The van der Waals surface area contributed by atoms with Crippen molar-refractivity contribution >= 4 is 31.6 Å². The molecule has 0 unspecified atom stereocenters. The zero-order chi connectivity index (χ0) is 14.8. The van der Waals surface area contributed by atoms with Gasteiger partial charge in [-0.15, -0.1) is 0 Å². The summed E-state index contributed by atoms with van der Waals surface area (Å²) in [6.45, 7) is 3.44. The number of nitrogens with two attached hydrogens (primary N) is 1. The van der Waals surface area contributed by atoms with Crippen LogP contribution in [0.2, 0.25) is 0 Å². The molecule has 0 bridgehead atoms. The van der Waals surface area contributed by atoms with Gasteiger partial charge in [-0.1, -0.05) is 0 Å². The summed E-state index contributed by atoms with van der Waals surface area (Å²) < 4.78 is 25.2. The molecule has 1 aromatic carbocycles. The Morgan fingerprint density at radius 3 is 2.80 bits per heavy atom. The van der Waals surface area contributed by atoms with Gasteiger partial charge in [0.25, 0.3) is 0 Å². The van der Waals surface area contributed by atoms with Gasteiger partial charge >= 0.3 is 0 Å². The van der Waals surface area contributed by atoms with E-state index in [9.17, 15) is 8.42 Å². The van der Waals surface area contributed by atoms with Crippen molar-refractivity contribution in [2.24, 2.45) is 5.14 Å². The lowest BCUT2D eigenvalue weighted by atomic mass is 10.3. The van der Waals surface area contributed by atoms with Crippen LogP contribution in [-0.2, 0) is 23.1 Å². The molecule has 0 spiro atoms. The number of benzene rings is 1. The summed E-state index contributed by atoms with van der Waals surface area (Å²) in [5.41, 5.74) is 0.781. The van der Waals surface area contributed by atoms with Gasteiger partial charge in [-0.05, 0) is 41.1 Å². The smallest absolute Gasteiger partial charge is 0.238 e. The van der Waals surface area contributed by atoms with Crippen LogP contribution in [0.15, 0.2) is 40.0 Å². The van der Waals surface area contributed by atoms with Gasteiger partial charge in [0.2, 0.25) is 10.0 Å². The molecule has 0 aliphatic rings. The van der Waals surface area contributed by atoms with E-state index in [-0.39, 0.29) is 4.90 Å². The van der Waals surface area contributed by atoms with Crippen molar-refractivity contribution in [3.8, 4) is 0 Å². The van der Waals surface area contributed by atoms with E-state index in [0.29, 0.717) is 11.0 Å². The molecule has 0 saturated heterocycles. The summed E-state index contributed by atoms with van der Waals surface area (Å²) in [4.78, 5) is 4.33. The number of imidazole rings is 1. The largest absolute Gasteiger partial charge is 0.377 e. The molecule has 0 aliphatic heterocycles. The number of anilines is 1. The molecular formula is C12H15BrN4O2S. The van der Waals surface area contributed by atoms with Gasteiger partial charge in [-0.3, -0.25) is 0 Å². The van der Waals surface area contributed by atoms with E-state index in [2.05, 4.69) is 26.2 Å². The van der Waals surface area contributed by atoms with E-state index < -0.39 is 10.0 Å². The first-order chi connectivity index (χ1) is 9.41. The Bertz CT molecular complexity index is 712. The lowest BCUT2D eigenvalue weighted by molar-refractivity contribution is 0.598. The van der Waals surface area contributed by atoms with Gasteiger partial charge < -0.3 is 9.88 Å². The first-order valence-corrected chi connectivity index (χ1v) is 8.32. The molecule has 2 aromatic rings. The number of nitrogens with zero attached hydrogens (tertiary/aromatic N) is 2. The maximum absolute atomic E-state index is 11.2. The van der Waals surface area contributed by atoms with E-state index in [1.54, 1.807) is 12.3 Å². The first-order valence-electron chi connectivity index (χ1n) is 5.98. The molecule has 3 N–H and O–H groups in total. The van der Waals surface area contributed by atoms with Gasteiger partial charge in [0.05, 0.1) is 11.4 Å². The van der Waals surface area contributed by atoms with Crippen LogP contribution in [0.25, 0.3) is 0 Å². The highest BCUT2D eigenvalue weighted by molar-refractivity contribution is 9.10. The third-order valence-corrected chi connectivity index (χ3v) is 4.42. The molecule has 0 saturated carbocycles. The number of aromatic nitrogens is 2. The quantitative estimate of drug-likeness (QED) is 0.854. The highest BCUT2D eigenvalue weighted by atomic mass is 79.9. The second-order valence-corrected chi connectivity index (χ2v) is 6.59. The molecule has 0 aliphatic carbocycles.